The molecule has 0 unspecified atom stereocenters. The zero-order valence-electron chi connectivity index (χ0n) is 12.4. The first kappa shape index (κ1) is 14.3. The average molecular weight is 268 g/mol. The Kier molecular flexibility index (Phi) is 3.93. The van der Waals surface area contributed by atoms with Crippen molar-refractivity contribution in [2.75, 3.05) is 0 Å². The molecule has 2 aromatic carbocycles. The highest BCUT2D eigenvalue weighted by Gasteiger charge is 2.22. The van der Waals surface area contributed by atoms with E-state index in [9.17, 15) is 4.79 Å². The third kappa shape index (κ3) is 3.08. The highest BCUT2D eigenvalue weighted by Crippen LogP contribution is 2.32. The molecule has 0 spiro atoms. The van der Waals surface area contributed by atoms with Crippen LogP contribution in [-0.2, 0) is 10.2 Å². The average Bonchev–Trinajstić information content (AvgIpc) is 2.39. The second kappa shape index (κ2) is 5.49. The van der Waals surface area contributed by atoms with E-state index in [-0.39, 0.29) is 11.4 Å². The van der Waals surface area contributed by atoms with Crippen LogP contribution in [-0.4, -0.2) is 5.97 Å². The van der Waals surface area contributed by atoms with Crippen LogP contribution in [0.3, 0.4) is 0 Å². The summed E-state index contributed by atoms with van der Waals surface area (Å²) in [5.74, 6) is 0.288. The van der Waals surface area contributed by atoms with Crippen molar-refractivity contribution in [1.82, 2.24) is 0 Å². The van der Waals surface area contributed by atoms with E-state index in [2.05, 4.69) is 45.0 Å². The number of carbonyl (C=O) groups excluding carboxylic acids is 1. The number of hydrogen-bond donors (Lipinski definition) is 0. The topological polar surface area (TPSA) is 26.3 Å². The summed E-state index contributed by atoms with van der Waals surface area (Å²) in [5.41, 5.74) is 3.64. The van der Waals surface area contributed by atoms with Crippen molar-refractivity contribution in [2.45, 2.75) is 33.1 Å². The molecule has 0 saturated heterocycles. The molecule has 0 fully saturated rings. The van der Waals surface area contributed by atoms with Gasteiger partial charge in [0, 0.05) is 12.3 Å². The molecule has 2 aromatic rings. The van der Waals surface area contributed by atoms with Crippen molar-refractivity contribution in [3.05, 3.63) is 65.2 Å². The molecule has 0 N–H and O–H groups in total. The second-order valence-electron chi connectivity index (χ2n) is 5.61. The van der Waals surface area contributed by atoms with Crippen molar-refractivity contribution in [2.24, 2.45) is 0 Å². The van der Waals surface area contributed by atoms with Crippen LogP contribution in [0.25, 0.3) is 0 Å². The van der Waals surface area contributed by atoms with Crippen LogP contribution in [0.1, 0.15) is 37.5 Å². The molecular weight excluding hydrogens is 248 g/mol. The van der Waals surface area contributed by atoms with Gasteiger partial charge in [-0.05, 0) is 30.2 Å². The molecule has 0 heterocycles. The first-order valence-electron chi connectivity index (χ1n) is 6.76. The molecule has 20 heavy (non-hydrogen) atoms. The van der Waals surface area contributed by atoms with Gasteiger partial charge in [-0.1, -0.05) is 55.8 Å². The number of esters is 1. The summed E-state index contributed by atoms with van der Waals surface area (Å²) in [4.78, 5) is 10.9. The molecule has 0 atom stereocenters. The third-order valence-electron chi connectivity index (χ3n) is 3.61. The maximum atomic E-state index is 10.9. The van der Waals surface area contributed by atoms with Gasteiger partial charge in [0.2, 0.25) is 0 Å². The summed E-state index contributed by atoms with van der Waals surface area (Å²) < 4.78 is 5.06. The number of rotatable bonds is 3. The van der Waals surface area contributed by atoms with Gasteiger partial charge >= 0.3 is 5.97 Å². The van der Waals surface area contributed by atoms with Gasteiger partial charge < -0.3 is 4.74 Å². The van der Waals surface area contributed by atoms with E-state index in [1.165, 1.54) is 23.6 Å². The van der Waals surface area contributed by atoms with E-state index in [0.717, 1.165) is 0 Å². The van der Waals surface area contributed by atoms with E-state index >= 15 is 0 Å². The van der Waals surface area contributed by atoms with Gasteiger partial charge in [0.05, 0.1) is 0 Å². The van der Waals surface area contributed by atoms with Crippen molar-refractivity contribution >= 4 is 5.97 Å². The van der Waals surface area contributed by atoms with Crippen LogP contribution in [0, 0.1) is 6.92 Å². The number of aryl methyl sites for hydroxylation is 1. The number of carbonyl (C=O) groups is 1. The predicted molar refractivity (Wildman–Crippen MR) is 81.1 cm³/mol. The third-order valence-corrected chi connectivity index (χ3v) is 3.61. The van der Waals surface area contributed by atoms with Crippen LogP contribution in [0.4, 0.5) is 0 Å². The molecule has 0 saturated carbocycles. The summed E-state index contributed by atoms with van der Waals surface area (Å²) >= 11 is 0. The van der Waals surface area contributed by atoms with E-state index in [1.807, 2.05) is 24.3 Å². The van der Waals surface area contributed by atoms with Crippen LogP contribution in [0.15, 0.2) is 48.5 Å². The van der Waals surface area contributed by atoms with Gasteiger partial charge in [0.25, 0.3) is 0 Å². The summed E-state index contributed by atoms with van der Waals surface area (Å²) in [6, 6.07) is 16.3. The Hall–Kier alpha value is -2.09. The highest BCUT2D eigenvalue weighted by atomic mass is 16.5. The van der Waals surface area contributed by atoms with Crippen LogP contribution in [0.5, 0.6) is 5.75 Å². The number of ether oxygens (including phenoxy) is 1. The second-order valence-corrected chi connectivity index (χ2v) is 5.61. The Morgan fingerprint density at radius 3 is 1.80 bits per heavy atom. The predicted octanol–water partition coefficient (Wildman–Crippen LogP) is 4.25. The van der Waals surface area contributed by atoms with Crippen LogP contribution < -0.4 is 4.74 Å². The Bertz CT molecular complexity index is 592. The lowest BCUT2D eigenvalue weighted by atomic mass is 9.78. The lowest BCUT2D eigenvalue weighted by Gasteiger charge is -2.26. The molecule has 0 aliphatic heterocycles. The Labute approximate surface area is 120 Å². The molecule has 2 heteroatoms. The lowest BCUT2D eigenvalue weighted by Crippen LogP contribution is -2.18. The molecule has 0 aliphatic carbocycles. The highest BCUT2D eigenvalue weighted by molar-refractivity contribution is 5.69. The molecular formula is C18H20O2. The molecule has 0 aliphatic rings. The van der Waals surface area contributed by atoms with Gasteiger partial charge in [0.1, 0.15) is 5.75 Å². The quantitative estimate of drug-likeness (QED) is 0.614. The van der Waals surface area contributed by atoms with Crippen molar-refractivity contribution < 1.29 is 9.53 Å². The zero-order chi connectivity index (χ0) is 14.8. The fourth-order valence-corrected chi connectivity index (χ4v) is 2.24. The maximum Gasteiger partial charge on any atom is 0.308 e. The van der Waals surface area contributed by atoms with E-state index in [0.29, 0.717) is 5.75 Å². The zero-order valence-corrected chi connectivity index (χ0v) is 12.4. The molecule has 104 valence electrons. The van der Waals surface area contributed by atoms with Gasteiger partial charge in [-0.15, -0.1) is 0 Å². The number of hydrogen-bond acceptors (Lipinski definition) is 2. The van der Waals surface area contributed by atoms with Crippen molar-refractivity contribution in [1.29, 1.82) is 0 Å². The maximum absolute atomic E-state index is 10.9. The normalized spacial score (nSPS) is 11.2. The Morgan fingerprint density at radius 2 is 1.35 bits per heavy atom. The standard InChI is InChI=1S/C18H20O2/c1-13-5-7-15(8-6-13)18(3,4)16-9-11-17(12-10-16)20-14(2)19/h5-12H,1-4H3. The fourth-order valence-electron chi connectivity index (χ4n) is 2.24. The number of benzene rings is 2. The van der Waals surface area contributed by atoms with E-state index < -0.39 is 0 Å². The lowest BCUT2D eigenvalue weighted by molar-refractivity contribution is -0.131. The molecule has 2 nitrogen and oxygen atoms in total. The smallest absolute Gasteiger partial charge is 0.308 e. The molecule has 2 rings (SSSR count). The molecule has 0 amide bonds. The van der Waals surface area contributed by atoms with Gasteiger partial charge in [-0.3, -0.25) is 4.79 Å². The Morgan fingerprint density at radius 1 is 0.900 bits per heavy atom. The minimum Gasteiger partial charge on any atom is -0.427 e. The molecule has 0 bridgehead atoms. The monoisotopic (exact) mass is 268 g/mol. The summed E-state index contributed by atoms with van der Waals surface area (Å²) in [7, 11) is 0. The first-order chi connectivity index (χ1) is 9.39. The minimum atomic E-state index is -0.296. The van der Waals surface area contributed by atoms with E-state index in [4.69, 9.17) is 4.74 Å². The van der Waals surface area contributed by atoms with E-state index in [1.54, 1.807) is 0 Å². The summed E-state index contributed by atoms with van der Waals surface area (Å²) in [6.07, 6.45) is 0. The minimum absolute atomic E-state index is 0.0809. The largest absolute Gasteiger partial charge is 0.427 e. The summed E-state index contributed by atoms with van der Waals surface area (Å²) in [5, 5.41) is 0. The fraction of sp³-hybridized carbons (Fsp3) is 0.278. The van der Waals surface area contributed by atoms with Crippen molar-refractivity contribution in [3.63, 3.8) is 0 Å². The summed E-state index contributed by atoms with van der Waals surface area (Å²) in [6.45, 7) is 7.88. The van der Waals surface area contributed by atoms with Gasteiger partial charge in [0.15, 0.2) is 0 Å². The molecule has 0 radical (unpaired) electrons. The SMILES string of the molecule is CC(=O)Oc1ccc(C(C)(C)c2ccc(C)cc2)cc1. The van der Waals surface area contributed by atoms with Crippen LogP contribution >= 0.6 is 0 Å². The van der Waals surface area contributed by atoms with Gasteiger partial charge in [-0.25, -0.2) is 0 Å². The molecule has 0 aromatic heterocycles. The first-order valence-corrected chi connectivity index (χ1v) is 6.76. The Balaban J connectivity index is 2.29. The van der Waals surface area contributed by atoms with Crippen molar-refractivity contribution in [3.8, 4) is 5.75 Å². The van der Waals surface area contributed by atoms with Gasteiger partial charge in [-0.2, -0.15) is 0 Å². The van der Waals surface area contributed by atoms with Crippen LogP contribution in [0.2, 0.25) is 0 Å².